The lowest BCUT2D eigenvalue weighted by Crippen LogP contribution is -2.25. The second-order valence-electron chi connectivity index (χ2n) is 5.34. The van der Waals surface area contributed by atoms with Crippen molar-refractivity contribution < 1.29 is 14.3 Å². The van der Waals surface area contributed by atoms with Gasteiger partial charge in [0.25, 0.3) is 0 Å². The molecule has 6 heteroatoms. The standard InChI is InChI=1S/C19H19Cl2NO3/c1-12(16-11-15(24-2)7-8-18(16)25-3)22-19(23)9-5-13-4-6-14(20)10-17(13)21/h4-12H,1-3H3,(H,22,23)/b9-5+/t12-/m1/s1. The summed E-state index contributed by atoms with van der Waals surface area (Å²) in [5.41, 5.74) is 1.54. The number of carbonyl (C=O) groups excluding carboxylic acids is 1. The third kappa shape index (κ3) is 5.15. The van der Waals surface area contributed by atoms with Crippen LogP contribution in [-0.2, 0) is 4.79 Å². The average molecular weight is 380 g/mol. The first-order chi connectivity index (χ1) is 11.9. The Morgan fingerprint density at radius 3 is 2.52 bits per heavy atom. The molecule has 4 nitrogen and oxygen atoms in total. The highest BCUT2D eigenvalue weighted by molar-refractivity contribution is 6.35. The van der Waals surface area contributed by atoms with Crippen molar-refractivity contribution in [2.75, 3.05) is 14.2 Å². The van der Waals surface area contributed by atoms with Crippen molar-refractivity contribution in [1.29, 1.82) is 0 Å². The van der Waals surface area contributed by atoms with Crippen LogP contribution in [0, 0.1) is 0 Å². The number of benzene rings is 2. The Kier molecular flexibility index (Phi) is 6.73. The molecule has 25 heavy (non-hydrogen) atoms. The van der Waals surface area contributed by atoms with Gasteiger partial charge in [-0.05, 0) is 48.9 Å². The highest BCUT2D eigenvalue weighted by Crippen LogP contribution is 2.29. The Hall–Kier alpha value is -2.17. The quantitative estimate of drug-likeness (QED) is 0.725. The van der Waals surface area contributed by atoms with Gasteiger partial charge in [0.15, 0.2) is 0 Å². The van der Waals surface area contributed by atoms with Crippen molar-refractivity contribution in [3.05, 3.63) is 63.6 Å². The van der Waals surface area contributed by atoms with Crippen LogP contribution in [-0.4, -0.2) is 20.1 Å². The largest absolute Gasteiger partial charge is 0.497 e. The molecular formula is C19H19Cl2NO3. The van der Waals surface area contributed by atoms with E-state index in [-0.39, 0.29) is 11.9 Å². The zero-order valence-corrected chi connectivity index (χ0v) is 15.7. The highest BCUT2D eigenvalue weighted by atomic mass is 35.5. The lowest BCUT2D eigenvalue weighted by molar-refractivity contribution is -0.117. The van der Waals surface area contributed by atoms with Gasteiger partial charge < -0.3 is 14.8 Å². The van der Waals surface area contributed by atoms with E-state index in [9.17, 15) is 4.79 Å². The number of halogens is 2. The smallest absolute Gasteiger partial charge is 0.244 e. The molecule has 0 saturated carbocycles. The van der Waals surface area contributed by atoms with Crippen LogP contribution < -0.4 is 14.8 Å². The van der Waals surface area contributed by atoms with Gasteiger partial charge in [-0.1, -0.05) is 29.3 Å². The first-order valence-corrected chi connectivity index (χ1v) is 8.35. The summed E-state index contributed by atoms with van der Waals surface area (Å²) in [5.74, 6) is 1.13. The van der Waals surface area contributed by atoms with E-state index in [1.54, 1.807) is 50.6 Å². The van der Waals surface area contributed by atoms with E-state index in [0.29, 0.717) is 27.1 Å². The molecule has 0 radical (unpaired) electrons. The van der Waals surface area contributed by atoms with E-state index in [0.717, 1.165) is 5.56 Å². The summed E-state index contributed by atoms with van der Waals surface area (Å²) in [6.45, 7) is 1.87. The van der Waals surface area contributed by atoms with Crippen LogP contribution in [0.1, 0.15) is 24.1 Å². The molecule has 2 aromatic carbocycles. The fraction of sp³-hybridized carbons (Fsp3) is 0.211. The van der Waals surface area contributed by atoms with Crippen LogP contribution in [0.3, 0.4) is 0 Å². The Morgan fingerprint density at radius 1 is 1.12 bits per heavy atom. The molecule has 0 aromatic heterocycles. The fourth-order valence-electron chi connectivity index (χ4n) is 2.32. The van der Waals surface area contributed by atoms with Gasteiger partial charge in [0, 0.05) is 21.7 Å². The number of methoxy groups -OCH3 is 2. The molecule has 0 aliphatic heterocycles. The number of rotatable bonds is 6. The Labute approximate surface area is 157 Å². The van der Waals surface area contributed by atoms with Crippen LogP contribution >= 0.6 is 23.2 Å². The van der Waals surface area contributed by atoms with E-state index < -0.39 is 0 Å². The number of hydrogen-bond donors (Lipinski definition) is 1. The summed E-state index contributed by atoms with van der Waals surface area (Å²) in [6.07, 6.45) is 3.07. The van der Waals surface area contributed by atoms with Gasteiger partial charge >= 0.3 is 0 Å². The predicted molar refractivity (Wildman–Crippen MR) is 102 cm³/mol. The van der Waals surface area contributed by atoms with Crippen molar-refractivity contribution in [3.63, 3.8) is 0 Å². The SMILES string of the molecule is COc1ccc(OC)c([C@@H](C)NC(=O)/C=C/c2ccc(Cl)cc2Cl)c1. The normalized spacial score (nSPS) is 12.0. The lowest BCUT2D eigenvalue weighted by atomic mass is 10.1. The molecule has 1 N–H and O–H groups in total. The number of nitrogens with one attached hydrogen (secondary N) is 1. The molecule has 0 unspecified atom stereocenters. The molecule has 0 bridgehead atoms. The fourth-order valence-corrected chi connectivity index (χ4v) is 2.79. The molecule has 0 heterocycles. The minimum Gasteiger partial charge on any atom is -0.497 e. The van der Waals surface area contributed by atoms with Gasteiger partial charge in [-0.25, -0.2) is 0 Å². The van der Waals surface area contributed by atoms with E-state index in [1.807, 2.05) is 13.0 Å². The van der Waals surface area contributed by atoms with E-state index in [2.05, 4.69) is 5.32 Å². The molecule has 1 atom stereocenters. The first kappa shape index (κ1) is 19.2. The van der Waals surface area contributed by atoms with Crippen LogP contribution in [0.15, 0.2) is 42.5 Å². The zero-order valence-electron chi connectivity index (χ0n) is 14.2. The molecule has 132 valence electrons. The van der Waals surface area contributed by atoms with Crippen LogP contribution in [0.2, 0.25) is 10.0 Å². The first-order valence-electron chi connectivity index (χ1n) is 7.60. The van der Waals surface area contributed by atoms with E-state index in [4.69, 9.17) is 32.7 Å². The number of ether oxygens (including phenoxy) is 2. The Morgan fingerprint density at radius 2 is 1.88 bits per heavy atom. The van der Waals surface area contributed by atoms with Crippen molar-refractivity contribution in [3.8, 4) is 11.5 Å². The number of carbonyl (C=O) groups is 1. The molecule has 1 amide bonds. The molecule has 2 aromatic rings. The van der Waals surface area contributed by atoms with Gasteiger partial charge in [-0.2, -0.15) is 0 Å². The highest BCUT2D eigenvalue weighted by Gasteiger charge is 2.14. The van der Waals surface area contributed by atoms with Gasteiger partial charge in [0.05, 0.1) is 20.3 Å². The summed E-state index contributed by atoms with van der Waals surface area (Å²) in [5, 5.41) is 3.92. The van der Waals surface area contributed by atoms with Crippen LogP contribution in [0.4, 0.5) is 0 Å². The molecule has 0 aliphatic carbocycles. The molecule has 0 saturated heterocycles. The number of hydrogen-bond acceptors (Lipinski definition) is 3. The molecular weight excluding hydrogens is 361 g/mol. The van der Waals surface area contributed by atoms with Gasteiger partial charge in [0.1, 0.15) is 11.5 Å². The van der Waals surface area contributed by atoms with Crippen LogP contribution in [0.25, 0.3) is 6.08 Å². The summed E-state index contributed by atoms with van der Waals surface area (Å²) in [6, 6.07) is 10.3. The monoisotopic (exact) mass is 379 g/mol. The lowest BCUT2D eigenvalue weighted by Gasteiger charge is -2.17. The zero-order chi connectivity index (χ0) is 18.4. The van der Waals surface area contributed by atoms with Crippen LogP contribution in [0.5, 0.6) is 11.5 Å². The number of amides is 1. The van der Waals surface area contributed by atoms with Crippen molar-refractivity contribution in [2.45, 2.75) is 13.0 Å². The second kappa shape index (κ2) is 8.79. The third-order valence-corrected chi connectivity index (χ3v) is 4.20. The maximum Gasteiger partial charge on any atom is 0.244 e. The molecule has 2 rings (SSSR count). The average Bonchev–Trinajstić information content (AvgIpc) is 2.60. The van der Waals surface area contributed by atoms with E-state index in [1.165, 1.54) is 6.08 Å². The minimum atomic E-state index is -0.261. The van der Waals surface area contributed by atoms with Crippen molar-refractivity contribution in [2.24, 2.45) is 0 Å². The summed E-state index contributed by atoms with van der Waals surface area (Å²) >= 11 is 11.9. The maximum atomic E-state index is 12.2. The maximum absolute atomic E-state index is 12.2. The summed E-state index contributed by atoms with van der Waals surface area (Å²) < 4.78 is 10.6. The molecule has 0 spiro atoms. The molecule has 0 aliphatic rings. The second-order valence-corrected chi connectivity index (χ2v) is 6.18. The Bertz CT molecular complexity index is 790. The summed E-state index contributed by atoms with van der Waals surface area (Å²) in [7, 11) is 3.18. The molecule has 0 fully saturated rings. The minimum absolute atomic E-state index is 0.247. The van der Waals surface area contributed by atoms with E-state index >= 15 is 0 Å². The Balaban J connectivity index is 2.11. The van der Waals surface area contributed by atoms with Crippen molar-refractivity contribution in [1.82, 2.24) is 5.32 Å². The van der Waals surface area contributed by atoms with Gasteiger partial charge in [-0.3, -0.25) is 4.79 Å². The topological polar surface area (TPSA) is 47.6 Å². The summed E-state index contributed by atoms with van der Waals surface area (Å²) in [4.78, 5) is 12.2. The van der Waals surface area contributed by atoms with Gasteiger partial charge in [-0.15, -0.1) is 0 Å². The van der Waals surface area contributed by atoms with Gasteiger partial charge in [0.2, 0.25) is 5.91 Å². The van der Waals surface area contributed by atoms with Crippen molar-refractivity contribution >= 4 is 35.2 Å². The predicted octanol–water partition coefficient (Wildman–Crippen LogP) is 4.90. The third-order valence-electron chi connectivity index (χ3n) is 3.64.